The van der Waals surface area contributed by atoms with Crippen LogP contribution in [0.15, 0.2) is 12.1 Å². The van der Waals surface area contributed by atoms with Crippen LogP contribution >= 0.6 is 0 Å². The van der Waals surface area contributed by atoms with Crippen LogP contribution in [0.2, 0.25) is 0 Å². The molecule has 1 amide bonds. The standard InChI is InChI=1S/C14H19N3O3/c1-4-5-14(2,3)16-11-8-10-9(7-13(18)15-10)6-12(11)17(19)20/h6,8,16H,4-5,7H2,1-3H3,(H,15,18). The maximum Gasteiger partial charge on any atom is 0.292 e. The van der Waals surface area contributed by atoms with Gasteiger partial charge in [-0.3, -0.25) is 14.9 Å². The van der Waals surface area contributed by atoms with Crippen molar-refractivity contribution in [3.05, 3.63) is 27.8 Å². The van der Waals surface area contributed by atoms with Gasteiger partial charge in [-0.05, 0) is 31.9 Å². The Balaban J connectivity index is 2.39. The molecular weight excluding hydrogens is 258 g/mol. The van der Waals surface area contributed by atoms with Gasteiger partial charge in [-0.15, -0.1) is 0 Å². The monoisotopic (exact) mass is 277 g/mol. The Morgan fingerprint density at radius 1 is 1.45 bits per heavy atom. The lowest BCUT2D eigenvalue weighted by Crippen LogP contribution is -2.30. The summed E-state index contributed by atoms with van der Waals surface area (Å²) in [6.45, 7) is 6.08. The second-order valence-corrected chi connectivity index (χ2v) is 5.77. The molecular formula is C14H19N3O3. The third-order valence-electron chi connectivity index (χ3n) is 3.39. The molecule has 0 unspecified atom stereocenters. The molecule has 2 rings (SSSR count). The maximum absolute atomic E-state index is 11.4. The molecule has 20 heavy (non-hydrogen) atoms. The van der Waals surface area contributed by atoms with E-state index in [1.807, 2.05) is 13.8 Å². The Bertz CT molecular complexity index is 567. The normalized spacial score (nSPS) is 13.8. The summed E-state index contributed by atoms with van der Waals surface area (Å²) in [6.07, 6.45) is 2.08. The van der Waals surface area contributed by atoms with E-state index in [-0.39, 0.29) is 23.6 Å². The molecule has 0 saturated carbocycles. The number of nitrogens with one attached hydrogen (secondary N) is 2. The number of rotatable bonds is 5. The average Bonchev–Trinajstić information content (AvgIpc) is 2.66. The third-order valence-corrected chi connectivity index (χ3v) is 3.39. The lowest BCUT2D eigenvalue weighted by atomic mass is 9.98. The lowest BCUT2D eigenvalue weighted by Gasteiger charge is -2.27. The zero-order valence-electron chi connectivity index (χ0n) is 11.9. The molecule has 0 atom stereocenters. The Morgan fingerprint density at radius 2 is 2.15 bits per heavy atom. The van der Waals surface area contributed by atoms with E-state index in [1.165, 1.54) is 6.07 Å². The van der Waals surface area contributed by atoms with Crippen molar-refractivity contribution < 1.29 is 9.72 Å². The molecule has 0 radical (unpaired) electrons. The number of nitrogens with zero attached hydrogens (tertiary/aromatic N) is 1. The van der Waals surface area contributed by atoms with Crippen LogP contribution in [0.4, 0.5) is 17.1 Å². The van der Waals surface area contributed by atoms with Gasteiger partial charge in [0.1, 0.15) is 5.69 Å². The van der Waals surface area contributed by atoms with E-state index in [2.05, 4.69) is 17.6 Å². The van der Waals surface area contributed by atoms with Crippen molar-refractivity contribution in [2.45, 2.75) is 45.6 Å². The minimum Gasteiger partial charge on any atom is -0.375 e. The van der Waals surface area contributed by atoms with Crippen molar-refractivity contribution in [3.63, 3.8) is 0 Å². The summed E-state index contributed by atoms with van der Waals surface area (Å²) in [7, 11) is 0. The van der Waals surface area contributed by atoms with Crippen LogP contribution in [0.5, 0.6) is 0 Å². The van der Waals surface area contributed by atoms with Gasteiger partial charge in [0.05, 0.1) is 11.3 Å². The Hall–Kier alpha value is -2.11. The molecule has 0 bridgehead atoms. The third kappa shape index (κ3) is 2.89. The second kappa shape index (κ2) is 5.11. The molecule has 108 valence electrons. The van der Waals surface area contributed by atoms with E-state index in [0.717, 1.165) is 12.8 Å². The van der Waals surface area contributed by atoms with Gasteiger partial charge in [0.25, 0.3) is 5.69 Å². The molecule has 6 nitrogen and oxygen atoms in total. The van der Waals surface area contributed by atoms with E-state index in [0.29, 0.717) is 16.9 Å². The number of benzene rings is 1. The maximum atomic E-state index is 11.4. The molecule has 2 N–H and O–H groups in total. The van der Waals surface area contributed by atoms with Gasteiger partial charge in [0.15, 0.2) is 0 Å². The van der Waals surface area contributed by atoms with Gasteiger partial charge in [0, 0.05) is 17.3 Å². The number of anilines is 2. The zero-order valence-corrected chi connectivity index (χ0v) is 11.9. The minimum absolute atomic E-state index is 0.0180. The van der Waals surface area contributed by atoms with Crippen LogP contribution in [-0.2, 0) is 11.2 Å². The quantitative estimate of drug-likeness (QED) is 0.640. The average molecular weight is 277 g/mol. The highest BCUT2D eigenvalue weighted by atomic mass is 16.6. The van der Waals surface area contributed by atoms with Crippen LogP contribution in [0, 0.1) is 10.1 Å². The fourth-order valence-electron chi connectivity index (χ4n) is 2.56. The molecule has 6 heteroatoms. The summed E-state index contributed by atoms with van der Waals surface area (Å²) in [4.78, 5) is 22.2. The molecule has 1 heterocycles. The number of hydrogen-bond donors (Lipinski definition) is 2. The minimum atomic E-state index is -0.409. The molecule has 0 fully saturated rings. The Morgan fingerprint density at radius 3 is 2.75 bits per heavy atom. The zero-order chi connectivity index (χ0) is 14.9. The number of amides is 1. The fraction of sp³-hybridized carbons (Fsp3) is 0.500. The predicted octanol–water partition coefficient (Wildman–Crippen LogP) is 3.08. The summed E-state index contributed by atoms with van der Waals surface area (Å²) in [6, 6.07) is 3.15. The number of nitro groups is 1. The van der Waals surface area contributed by atoms with E-state index < -0.39 is 4.92 Å². The Labute approximate surface area is 117 Å². The summed E-state index contributed by atoms with van der Waals surface area (Å²) in [5, 5.41) is 17.1. The second-order valence-electron chi connectivity index (χ2n) is 5.77. The summed E-state index contributed by atoms with van der Waals surface area (Å²) in [5.41, 5.74) is 1.57. The first-order valence-electron chi connectivity index (χ1n) is 6.72. The van der Waals surface area contributed by atoms with Crippen molar-refractivity contribution >= 4 is 23.0 Å². The largest absolute Gasteiger partial charge is 0.375 e. The van der Waals surface area contributed by atoms with Crippen molar-refractivity contribution in [3.8, 4) is 0 Å². The lowest BCUT2D eigenvalue weighted by molar-refractivity contribution is -0.384. The highest BCUT2D eigenvalue weighted by Crippen LogP contribution is 2.36. The first kappa shape index (κ1) is 14.3. The SMILES string of the molecule is CCCC(C)(C)Nc1cc2c(cc1[N+](=O)[O-])CC(=O)N2. The van der Waals surface area contributed by atoms with Gasteiger partial charge >= 0.3 is 0 Å². The number of fused-ring (bicyclic) bond motifs is 1. The van der Waals surface area contributed by atoms with Gasteiger partial charge in [0.2, 0.25) is 5.91 Å². The van der Waals surface area contributed by atoms with Crippen molar-refractivity contribution in [1.82, 2.24) is 0 Å². The van der Waals surface area contributed by atoms with Crippen molar-refractivity contribution in [1.29, 1.82) is 0 Å². The first-order chi connectivity index (χ1) is 9.32. The highest BCUT2D eigenvalue weighted by Gasteiger charge is 2.27. The van der Waals surface area contributed by atoms with Gasteiger partial charge in [-0.25, -0.2) is 0 Å². The van der Waals surface area contributed by atoms with Crippen LogP contribution < -0.4 is 10.6 Å². The molecule has 1 aliphatic heterocycles. The van der Waals surface area contributed by atoms with Crippen LogP contribution in [-0.4, -0.2) is 16.4 Å². The summed E-state index contributed by atoms with van der Waals surface area (Å²) in [5.74, 6) is -0.126. The fourth-order valence-corrected chi connectivity index (χ4v) is 2.56. The van der Waals surface area contributed by atoms with E-state index in [1.54, 1.807) is 6.07 Å². The van der Waals surface area contributed by atoms with E-state index in [9.17, 15) is 14.9 Å². The first-order valence-corrected chi connectivity index (χ1v) is 6.72. The van der Waals surface area contributed by atoms with Crippen LogP contribution in [0.3, 0.4) is 0 Å². The topological polar surface area (TPSA) is 84.3 Å². The molecule has 0 spiro atoms. The molecule has 0 saturated heterocycles. The van der Waals surface area contributed by atoms with Gasteiger partial charge in [-0.2, -0.15) is 0 Å². The molecule has 1 aromatic rings. The number of carbonyl (C=O) groups is 1. The van der Waals surface area contributed by atoms with Crippen molar-refractivity contribution in [2.24, 2.45) is 0 Å². The smallest absolute Gasteiger partial charge is 0.292 e. The van der Waals surface area contributed by atoms with Crippen molar-refractivity contribution in [2.75, 3.05) is 10.6 Å². The molecule has 0 aliphatic carbocycles. The number of nitro benzene ring substituents is 1. The van der Waals surface area contributed by atoms with Gasteiger partial charge in [-0.1, -0.05) is 13.3 Å². The van der Waals surface area contributed by atoms with Crippen LogP contribution in [0.25, 0.3) is 0 Å². The molecule has 1 aromatic carbocycles. The van der Waals surface area contributed by atoms with Gasteiger partial charge < -0.3 is 10.6 Å². The summed E-state index contributed by atoms with van der Waals surface area (Å²) >= 11 is 0. The molecule has 0 aromatic heterocycles. The molecule has 1 aliphatic rings. The predicted molar refractivity (Wildman–Crippen MR) is 78.0 cm³/mol. The number of hydrogen-bond acceptors (Lipinski definition) is 4. The number of carbonyl (C=O) groups excluding carboxylic acids is 1. The summed E-state index contributed by atoms with van der Waals surface area (Å²) < 4.78 is 0. The highest BCUT2D eigenvalue weighted by molar-refractivity contribution is 6.00. The Kier molecular flexibility index (Phi) is 3.65. The van der Waals surface area contributed by atoms with E-state index in [4.69, 9.17) is 0 Å². The van der Waals surface area contributed by atoms with Crippen LogP contribution in [0.1, 0.15) is 39.2 Å². The van der Waals surface area contributed by atoms with E-state index >= 15 is 0 Å².